The molecular formula is C10H12ClN4O. The van der Waals surface area contributed by atoms with E-state index in [-0.39, 0.29) is 0 Å². The van der Waals surface area contributed by atoms with Crippen LogP contribution in [-0.4, -0.2) is 16.0 Å². The monoisotopic (exact) mass is 239 g/mol. The Kier molecular flexibility index (Phi) is 3.24. The van der Waals surface area contributed by atoms with Crippen LogP contribution in [0.2, 0.25) is 0 Å². The van der Waals surface area contributed by atoms with Crippen LogP contribution in [0.4, 0.5) is 0 Å². The molecular weight excluding hydrogens is 228 g/mol. The van der Waals surface area contributed by atoms with Gasteiger partial charge in [0, 0.05) is 6.42 Å². The second-order valence-electron chi connectivity index (χ2n) is 3.53. The summed E-state index contributed by atoms with van der Waals surface area (Å²) < 4.78 is 5.00. The zero-order valence-electron chi connectivity index (χ0n) is 9.20. The SMILES string of the molecule is CCCCC1=NC(Cl)=C(c2nc(C)no2)[N]1. The zero-order valence-corrected chi connectivity index (χ0v) is 9.95. The second-order valence-corrected chi connectivity index (χ2v) is 3.89. The molecule has 0 saturated carbocycles. The minimum atomic E-state index is 0.328. The number of aliphatic imine (C=N–C) groups is 1. The van der Waals surface area contributed by atoms with Crippen LogP contribution in [0.1, 0.15) is 37.9 Å². The third-order valence-corrected chi connectivity index (χ3v) is 2.41. The third-order valence-electron chi connectivity index (χ3n) is 2.15. The number of hydrogen-bond acceptors (Lipinski definition) is 4. The summed E-state index contributed by atoms with van der Waals surface area (Å²) in [5, 5.41) is 8.31. The molecule has 0 unspecified atom stereocenters. The lowest BCUT2D eigenvalue weighted by Crippen LogP contribution is -2.10. The van der Waals surface area contributed by atoms with E-state index in [1.54, 1.807) is 6.92 Å². The molecule has 0 aromatic carbocycles. The second kappa shape index (κ2) is 4.65. The van der Waals surface area contributed by atoms with E-state index in [1.807, 2.05) is 0 Å². The number of nitrogens with zero attached hydrogens (tertiary/aromatic N) is 4. The number of aryl methyl sites for hydroxylation is 1. The summed E-state index contributed by atoms with van der Waals surface area (Å²) in [6.45, 7) is 3.86. The first-order valence-electron chi connectivity index (χ1n) is 5.20. The topological polar surface area (TPSA) is 65.4 Å². The molecule has 0 fully saturated rings. The summed E-state index contributed by atoms with van der Waals surface area (Å²) in [7, 11) is 0. The summed E-state index contributed by atoms with van der Waals surface area (Å²) in [5.74, 6) is 1.62. The molecule has 1 radical (unpaired) electrons. The first-order chi connectivity index (χ1) is 7.70. The molecule has 0 bridgehead atoms. The predicted octanol–water partition coefficient (Wildman–Crippen LogP) is 2.45. The quantitative estimate of drug-likeness (QED) is 0.758. The molecule has 6 heteroatoms. The molecule has 2 heterocycles. The van der Waals surface area contributed by atoms with Crippen LogP contribution in [-0.2, 0) is 0 Å². The van der Waals surface area contributed by atoms with Crippen LogP contribution in [0.25, 0.3) is 5.70 Å². The Balaban J connectivity index is 2.08. The molecule has 0 spiro atoms. The van der Waals surface area contributed by atoms with E-state index in [0.717, 1.165) is 25.1 Å². The zero-order chi connectivity index (χ0) is 11.5. The van der Waals surface area contributed by atoms with Crippen LogP contribution >= 0.6 is 11.6 Å². The Morgan fingerprint density at radius 3 is 2.81 bits per heavy atom. The molecule has 0 saturated heterocycles. The molecule has 5 nitrogen and oxygen atoms in total. The van der Waals surface area contributed by atoms with Gasteiger partial charge in [-0.05, 0) is 13.3 Å². The molecule has 0 atom stereocenters. The molecule has 1 aromatic rings. The van der Waals surface area contributed by atoms with Gasteiger partial charge in [0.15, 0.2) is 16.7 Å². The molecule has 16 heavy (non-hydrogen) atoms. The van der Waals surface area contributed by atoms with Crippen molar-refractivity contribution < 1.29 is 4.52 Å². The van der Waals surface area contributed by atoms with E-state index in [1.165, 1.54) is 0 Å². The highest BCUT2D eigenvalue weighted by molar-refractivity contribution is 6.34. The van der Waals surface area contributed by atoms with Crippen molar-refractivity contribution in [1.29, 1.82) is 0 Å². The maximum atomic E-state index is 5.97. The van der Waals surface area contributed by atoms with Gasteiger partial charge in [-0.1, -0.05) is 30.1 Å². The molecule has 0 N–H and O–H groups in total. The summed E-state index contributed by atoms with van der Waals surface area (Å²) >= 11 is 5.97. The standard InChI is InChI=1S/C10H12ClN4O/c1-3-4-5-7-13-8(9(11)14-7)10-12-6(2)15-16-10/h3-5H2,1-2H3. The Morgan fingerprint density at radius 1 is 1.38 bits per heavy atom. The molecule has 0 aliphatic carbocycles. The summed E-state index contributed by atoms with van der Waals surface area (Å²) in [4.78, 5) is 8.23. The Morgan fingerprint density at radius 2 is 2.19 bits per heavy atom. The predicted molar refractivity (Wildman–Crippen MR) is 60.9 cm³/mol. The normalized spacial score (nSPS) is 15.3. The van der Waals surface area contributed by atoms with Crippen molar-refractivity contribution in [2.45, 2.75) is 33.1 Å². The molecule has 2 rings (SSSR count). The summed E-state index contributed by atoms with van der Waals surface area (Å²) in [6, 6.07) is 0. The molecule has 1 aliphatic heterocycles. The minimum absolute atomic E-state index is 0.328. The van der Waals surface area contributed by atoms with Crippen LogP contribution < -0.4 is 5.32 Å². The van der Waals surface area contributed by atoms with Crippen molar-refractivity contribution in [3.05, 3.63) is 16.9 Å². The van der Waals surface area contributed by atoms with E-state index in [9.17, 15) is 0 Å². The number of hydrogen-bond donors (Lipinski definition) is 0. The Hall–Kier alpha value is -1.36. The molecule has 85 valence electrons. The van der Waals surface area contributed by atoms with Crippen molar-refractivity contribution in [1.82, 2.24) is 15.5 Å². The lowest BCUT2D eigenvalue weighted by molar-refractivity contribution is 0.401. The lowest BCUT2D eigenvalue weighted by atomic mass is 10.2. The van der Waals surface area contributed by atoms with E-state index in [0.29, 0.717) is 22.6 Å². The van der Waals surface area contributed by atoms with Gasteiger partial charge >= 0.3 is 0 Å². The molecule has 1 aliphatic rings. The van der Waals surface area contributed by atoms with Crippen LogP contribution in [0, 0.1) is 6.92 Å². The average Bonchev–Trinajstić information content (AvgIpc) is 2.82. The summed E-state index contributed by atoms with van der Waals surface area (Å²) in [6.07, 6.45) is 2.97. The fraction of sp³-hybridized carbons (Fsp3) is 0.500. The maximum absolute atomic E-state index is 5.97. The number of unbranched alkanes of at least 4 members (excludes halogenated alkanes) is 1. The van der Waals surface area contributed by atoms with Crippen molar-refractivity contribution in [2.75, 3.05) is 0 Å². The number of amidine groups is 1. The van der Waals surface area contributed by atoms with Gasteiger partial charge in [-0.25, -0.2) is 10.3 Å². The number of aromatic nitrogens is 2. The average molecular weight is 240 g/mol. The Labute approximate surface area is 98.6 Å². The summed E-state index contributed by atoms with van der Waals surface area (Å²) in [5.41, 5.74) is 0.480. The van der Waals surface area contributed by atoms with E-state index in [4.69, 9.17) is 16.1 Å². The van der Waals surface area contributed by atoms with Gasteiger partial charge < -0.3 is 4.52 Å². The Bertz CT molecular complexity index is 449. The molecule has 1 aromatic heterocycles. The smallest absolute Gasteiger partial charge is 0.279 e. The van der Waals surface area contributed by atoms with Gasteiger partial charge in [-0.3, -0.25) is 0 Å². The van der Waals surface area contributed by atoms with Gasteiger partial charge in [0.2, 0.25) is 0 Å². The minimum Gasteiger partial charge on any atom is -0.332 e. The van der Waals surface area contributed by atoms with Gasteiger partial charge in [0.25, 0.3) is 5.89 Å². The van der Waals surface area contributed by atoms with Crippen LogP contribution in [0.15, 0.2) is 14.7 Å². The highest BCUT2D eigenvalue weighted by Crippen LogP contribution is 2.25. The highest BCUT2D eigenvalue weighted by atomic mass is 35.5. The fourth-order valence-corrected chi connectivity index (χ4v) is 1.56. The van der Waals surface area contributed by atoms with Crippen molar-refractivity contribution in [3.8, 4) is 0 Å². The highest BCUT2D eigenvalue weighted by Gasteiger charge is 2.23. The van der Waals surface area contributed by atoms with E-state index >= 15 is 0 Å². The first kappa shape index (κ1) is 11.1. The largest absolute Gasteiger partial charge is 0.332 e. The van der Waals surface area contributed by atoms with Crippen LogP contribution in [0.3, 0.4) is 0 Å². The third kappa shape index (κ3) is 2.24. The van der Waals surface area contributed by atoms with Gasteiger partial charge in [0.1, 0.15) is 5.84 Å². The van der Waals surface area contributed by atoms with Gasteiger partial charge in [-0.2, -0.15) is 4.98 Å². The van der Waals surface area contributed by atoms with E-state index < -0.39 is 0 Å². The number of rotatable bonds is 4. The van der Waals surface area contributed by atoms with Crippen molar-refractivity contribution in [3.63, 3.8) is 0 Å². The van der Waals surface area contributed by atoms with Crippen LogP contribution in [0.5, 0.6) is 0 Å². The maximum Gasteiger partial charge on any atom is 0.279 e. The van der Waals surface area contributed by atoms with Gasteiger partial charge in [-0.15, -0.1) is 0 Å². The fourth-order valence-electron chi connectivity index (χ4n) is 1.34. The van der Waals surface area contributed by atoms with E-state index in [2.05, 4.69) is 27.4 Å². The number of halogens is 1. The first-order valence-corrected chi connectivity index (χ1v) is 5.58. The van der Waals surface area contributed by atoms with Crippen molar-refractivity contribution in [2.24, 2.45) is 4.99 Å². The molecule has 0 amide bonds. The van der Waals surface area contributed by atoms with Crippen molar-refractivity contribution >= 4 is 23.1 Å². The lowest BCUT2D eigenvalue weighted by Gasteiger charge is -1.98. The van der Waals surface area contributed by atoms with Gasteiger partial charge in [0.05, 0.1) is 0 Å².